The van der Waals surface area contributed by atoms with Crippen LogP contribution in [0.3, 0.4) is 0 Å². The minimum Gasteiger partial charge on any atom is -0.347 e. The van der Waals surface area contributed by atoms with Gasteiger partial charge in [-0.25, -0.2) is 0 Å². The summed E-state index contributed by atoms with van der Waals surface area (Å²) in [7, 11) is 0. The van der Waals surface area contributed by atoms with E-state index in [1.165, 1.54) is 56.2 Å². The third-order valence-electron chi connectivity index (χ3n) is 6.67. The Balaban J connectivity index is 1.35. The molecule has 0 bridgehead atoms. The number of piperazine rings is 1. The molecule has 1 amide bonds. The molecular weight excluding hydrogens is 360 g/mol. The fourth-order valence-electron chi connectivity index (χ4n) is 4.80. The van der Waals surface area contributed by atoms with Crippen LogP contribution in [0, 0.1) is 0 Å². The summed E-state index contributed by atoms with van der Waals surface area (Å²) in [5, 5.41) is 1.18. The average molecular weight is 397 g/mol. The number of aryl methyl sites for hydroxylation is 1. The molecule has 1 aromatic carbocycles. The van der Waals surface area contributed by atoms with Gasteiger partial charge in [-0.3, -0.25) is 9.69 Å². The van der Waals surface area contributed by atoms with Gasteiger partial charge in [-0.1, -0.05) is 6.42 Å². The minimum absolute atomic E-state index is 0.174. The van der Waals surface area contributed by atoms with E-state index in [1.807, 2.05) is 11.0 Å². The van der Waals surface area contributed by atoms with E-state index in [4.69, 9.17) is 0 Å². The number of rotatable bonds is 6. The largest absolute Gasteiger partial charge is 0.347 e. The first-order valence-electron chi connectivity index (χ1n) is 11.5. The smallest absolute Gasteiger partial charge is 0.253 e. The first-order chi connectivity index (χ1) is 14.1. The molecule has 2 saturated heterocycles. The van der Waals surface area contributed by atoms with Crippen LogP contribution in [-0.4, -0.2) is 77.0 Å². The highest BCUT2D eigenvalue weighted by molar-refractivity contribution is 5.98. The Hall–Kier alpha value is -1.85. The van der Waals surface area contributed by atoms with Gasteiger partial charge in [0, 0.05) is 61.4 Å². The number of carbonyl (C=O) groups excluding carboxylic acids is 1. The van der Waals surface area contributed by atoms with Gasteiger partial charge < -0.3 is 14.4 Å². The van der Waals surface area contributed by atoms with Crippen LogP contribution in [0.5, 0.6) is 0 Å². The standard InChI is InChI=1S/C24H36N4O/c1-20(2)26-15-17-28(18-16-26)24(29)22-7-8-23-21(19-22)9-14-27(23)13-6-12-25-10-4-3-5-11-25/h7-9,14,19-20H,3-6,10-13,15-18H2,1-2H3. The lowest BCUT2D eigenvalue weighted by Crippen LogP contribution is -2.50. The van der Waals surface area contributed by atoms with Crippen molar-refractivity contribution < 1.29 is 4.79 Å². The molecule has 1 aromatic heterocycles. The summed E-state index contributed by atoms with van der Waals surface area (Å²) in [4.78, 5) is 20.0. The first kappa shape index (κ1) is 20.4. The van der Waals surface area contributed by atoms with Gasteiger partial charge >= 0.3 is 0 Å². The SMILES string of the molecule is CC(C)N1CCN(C(=O)c2ccc3c(ccn3CCCN3CCCCC3)c2)CC1. The van der Waals surface area contributed by atoms with Gasteiger partial charge in [0.25, 0.3) is 5.91 Å². The van der Waals surface area contributed by atoms with E-state index in [0.717, 1.165) is 38.3 Å². The molecule has 5 heteroatoms. The number of likely N-dealkylation sites (tertiary alicyclic amines) is 1. The molecule has 0 N–H and O–H groups in total. The molecule has 5 nitrogen and oxygen atoms in total. The van der Waals surface area contributed by atoms with Crippen LogP contribution in [0.15, 0.2) is 30.5 Å². The summed E-state index contributed by atoms with van der Waals surface area (Å²) < 4.78 is 2.34. The third kappa shape index (κ3) is 4.84. The first-order valence-corrected chi connectivity index (χ1v) is 11.5. The van der Waals surface area contributed by atoms with Gasteiger partial charge in [0.15, 0.2) is 0 Å². The van der Waals surface area contributed by atoms with E-state index in [1.54, 1.807) is 0 Å². The molecule has 0 spiro atoms. The van der Waals surface area contributed by atoms with E-state index < -0.39 is 0 Å². The van der Waals surface area contributed by atoms with Crippen LogP contribution in [-0.2, 0) is 6.54 Å². The zero-order valence-corrected chi connectivity index (χ0v) is 18.1. The molecule has 0 atom stereocenters. The highest BCUT2D eigenvalue weighted by Gasteiger charge is 2.23. The Morgan fingerprint density at radius 2 is 1.69 bits per heavy atom. The maximum Gasteiger partial charge on any atom is 0.253 e. The highest BCUT2D eigenvalue weighted by atomic mass is 16.2. The zero-order chi connectivity index (χ0) is 20.2. The summed E-state index contributed by atoms with van der Waals surface area (Å²) in [6, 6.07) is 8.93. The number of hydrogen-bond acceptors (Lipinski definition) is 3. The lowest BCUT2D eigenvalue weighted by atomic mass is 10.1. The fraction of sp³-hybridized carbons (Fsp3) is 0.625. The average Bonchev–Trinajstić information content (AvgIpc) is 3.16. The Morgan fingerprint density at radius 3 is 2.41 bits per heavy atom. The summed E-state index contributed by atoms with van der Waals surface area (Å²) in [5.74, 6) is 0.174. The number of benzene rings is 1. The topological polar surface area (TPSA) is 31.7 Å². The van der Waals surface area contributed by atoms with Crippen LogP contribution in [0.25, 0.3) is 10.9 Å². The molecule has 2 fully saturated rings. The van der Waals surface area contributed by atoms with E-state index in [-0.39, 0.29) is 5.91 Å². The molecular formula is C24H36N4O. The van der Waals surface area contributed by atoms with Crippen LogP contribution in [0.2, 0.25) is 0 Å². The molecule has 2 aliphatic heterocycles. The number of nitrogens with zero attached hydrogens (tertiary/aromatic N) is 4. The number of fused-ring (bicyclic) bond motifs is 1. The Kier molecular flexibility index (Phi) is 6.56. The van der Waals surface area contributed by atoms with Crippen LogP contribution in [0.1, 0.15) is 49.9 Å². The van der Waals surface area contributed by atoms with E-state index >= 15 is 0 Å². The van der Waals surface area contributed by atoms with Crippen molar-refractivity contribution in [3.8, 4) is 0 Å². The third-order valence-corrected chi connectivity index (χ3v) is 6.67. The molecule has 3 heterocycles. The fourth-order valence-corrected chi connectivity index (χ4v) is 4.80. The normalized spacial score (nSPS) is 19.3. The highest BCUT2D eigenvalue weighted by Crippen LogP contribution is 2.20. The van der Waals surface area contributed by atoms with E-state index in [9.17, 15) is 4.79 Å². The molecule has 0 unspecified atom stereocenters. The van der Waals surface area contributed by atoms with Gasteiger partial charge in [0.2, 0.25) is 0 Å². The minimum atomic E-state index is 0.174. The number of amides is 1. The molecule has 0 saturated carbocycles. The summed E-state index contributed by atoms with van der Waals surface area (Å²) in [5.41, 5.74) is 2.06. The van der Waals surface area contributed by atoms with Crippen molar-refractivity contribution in [3.63, 3.8) is 0 Å². The summed E-state index contributed by atoms with van der Waals surface area (Å²) in [6.07, 6.45) is 7.47. The van der Waals surface area contributed by atoms with Crippen molar-refractivity contribution in [2.24, 2.45) is 0 Å². The second-order valence-electron chi connectivity index (χ2n) is 8.96. The number of hydrogen-bond donors (Lipinski definition) is 0. The van der Waals surface area contributed by atoms with Crippen LogP contribution < -0.4 is 0 Å². The van der Waals surface area contributed by atoms with Crippen molar-refractivity contribution in [2.75, 3.05) is 45.8 Å². The monoisotopic (exact) mass is 396 g/mol. The Bertz CT molecular complexity index is 813. The van der Waals surface area contributed by atoms with Gasteiger partial charge in [-0.2, -0.15) is 0 Å². The second kappa shape index (κ2) is 9.31. The molecule has 2 aromatic rings. The Morgan fingerprint density at radius 1 is 0.931 bits per heavy atom. The van der Waals surface area contributed by atoms with Gasteiger partial charge in [0.05, 0.1) is 0 Å². The van der Waals surface area contributed by atoms with E-state index in [2.05, 4.69) is 52.6 Å². The predicted molar refractivity (Wildman–Crippen MR) is 119 cm³/mol. The second-order valence-corrected chi connectivity index (χ2v) is 8.96. The lowest BCUT2D eigenvalue weighted by molar-refractivity contribution is 0.0595. The maximum absolute atomic E-state index is 13.0. The van der Waals surface area contributed by atoms with Crippen molar-refractivity contribution in [1.82, 2.24) is 19.3 Å². The summed E-state index contributed by atoms with van der Waals surface area (Å²) >= 11 is 0. The van der Waals surface area contributed by atoms with Crippen molar-refractivity contribution in [1.29, 1.82) is 0 Å². The van der Waals surface area contributed by atoms with Crippen molar-refractivity contribution in [3.05, 3.63) is 36.0 Å². The maximum atomic E-state index is 13.0. The van der Waals surface area contributed by atoms with E-state index in [0.29, 0.717) is 6.04 Å². The molecule has 158 valence electrons. The summed E-state index contributed by atoms with van der Waals surface area (Å²) in [6.45, 7) is 12.8. The molecule has 0 radical (unpaired) electrons. The lowest BCUT2D eigenvalue weighted by Gasteiger charge is -2.37. The predicted octanol–water partition coefficient (Wildman–Crippen LogP) is 3.68. The number of carbonyl (C=O) groups is 1. The van der Waals surface area contributed by atoms with Gasteiger partial charge in [-0.05, 0) is 77.0 Å². The van der Waals surface area contributed by atoms with Crippen LogP contribution in [0.4, 0.5) is 0 Å². The van der Waals surface area contributed by atoms with Crippen LogP contribution >= 0.6 is 0 Å². The van der Waals surface area contributed by atoms with Crippen molar-refractivity contribution in [2.45, 2.75) is 52.1 Å². The molecule has 4 rings (SSSR count). The Labute approximate surface area is 175 Å². The number of aromatic nitrogens is 1. The zero-order valence-electron chi connectivity index (χ0n) is 18.1. The van der Waals surface area contributed by atoms with Gasteiger partial charge in [-0.15, -0.1) is 0 Å². The molecule has 0 aliphatic carbocycles. The molecule has 2 aliphatic rings. The quantitative estimate of drug-likeness (QED) is 0.746. The van der Waals surface area contributed by atoms with Crippen molar-refractivity contribution >= 4 is 16.8 Å². The number of piperidine rings is 1. The molecule has 29 heavy (non-hydrogen) atoms. The van der Waals surface area contributed by atoms with Gasteiger partial charge in [0.1, 0.15) is 0 Å².